The Hall–Kier alpha value is -2.22. The summed E-state index contributed by atoms with van der Waals surface area (Å²) < 4.78 is 0. The van der Waals surface area contributed by atoms with Crippen LogP contribution in [0.2, 0.25) is 0 Å². The number of allylic oxidation sites excluding steroid dienone is 5. The molecule has 0 heterocycles. The minimum atomic E-state index is -0.00940. The molecule has 154 valence electrons. The van der Waals surface area contributed by atoms with Crippen molar-refractivity contribution in [3.05, 3.63) is 65.3 Å². The van der Waals surface area contributed by atoms with Crippen LogP contribution >= 0.6 is 0 Å². The number of benzene rings is 1. The van der Waals surface area contributed by atoms with Crippen LogP contribution in [0.5, 0.6) is 0 Å². The predicted molar refractivity (Wildman–Crippen MR) is 126 cm³/mol. The summed E-state index contributed by atoms with van der Waals surface area (Å²) in [4.78, 5) is 16.0. The van der Waals surface area contributed by atoms with E-state index in [4.69, 9.17) is 0 Å². The van der Waals surface area contributed by atoms with Crippen molar-refractivity contribution in [2.75, 3.05) is 0 Å². The van der Waals surface area contributed by atoms with Crippen LogP contribution in [0, 0.1) is 6.92 Å². The summed E-state index contributed by atoms with van der Waals surface area (Å²) in [6.07, 6.45) is 14.9. The van der Waals surface area contributed by atoms with E-state index >= 15 is 0 Å². The SMILES string of the molecule is CCCCCCC.C\C=C/C=C\C(C)=C(\N=C(C)C(C)=O)c1ccc(C)cc1. The van der Waals surface area contributed by atoms with E-state index in [1.807, 2.05) is 50.3 Å². The average molecular weight is 382 g/mol. The van der Waals surface area contributed by atoms with Crippen molar-refractivity contribution in [2.45, 2.75) is 80.6 Å². The highest BCUT2D eigenvalue weighted by Gasteiger charge is 2.06. The molecule has 0 unspecified atom stereocenters. The number of aryl methyl sites for hydroxylation is 1. The number of nitrogens with zero attached hydrogens (tertiary/aromatic N) is 1. The van der Waals surface area contributed by atoms with Gasteiger partial charge in [-0.05, 0) is 33.3 Å². The lowest BCUT2D eigenvalue weighted by molar-refractivity contribution is -0.111. The van der Waals surface area contributed by atoms with Crippen molar-refractivity contribution in [3.63, 3.8) is 0 Å². The van der Waals surface area contributed by atoms with E-state index in [2.05, 4.69) is 37.9 Å². The highest BCUT2D eigenvalue weighted by atomic mass is 16.1. The number of rotatable bonds is 9. The molecule has 1 aromatic carbocycles. The van der Waals surface area contributed by atoms with Crippen LogP contribution in [0.1, 0.15) is 84.8 Å². The zero-order valence-corrected chi connectivity index (χ0v) is 19.0. The third kappa shape index (κ3) is 11.5. The normalized spacial score (nSPS) is 12.8. The first-order valence-electron chi connectivity index (χ1n) is 10.5. The maximum absolute atomic E-state index is 11.5. The predicted octanol–water partition coefficient (Wildman–Crippen LogP) is 7.88. The fraction of sp³-hybridized carbons (Fsp3) is 0.462. The molecule has 0 aliphatic carbocycles. The summed E-state index contributed by atoms with van der Waals surface area (Å²) in [6, 6.07) is 8.18. The summed E-state index contributed by atoms with van der Waals surface area (Å²) in [5, 5.41) is 0. The molecule has 0 fully saturated rings. The molecular formula is C26H39NO. The second kappa shape index (κ2) is 15.8. The Kier molecular flexibility index (Phi) is 14.5. The first-order valence-corrected chi connectivity index (χ1v) is 10.5. The van der Waals surface area contributed by atoms with Gasteiger partial charge in [-0.15, -0.1) is 0 Å². The van der Waals surface area contributed by atoms with Gasteiger partial charge in [-0.3, -0.25) is 4.79 Å². The molecule has 0 spiro atoms. The van der Waals surface area contributed by atoms with Crippen LogP contribution in [-0.2, 0) is 4.79 Å². The quantitative estimate of drug-likeness (QED) is 0.243. The largest absolute Gasteiger partial charge is 0.293 e. The molecule has 0 N–H and O–H groups in total. The van der Waals surface area contributed by atoms with Crippen molar-refractivity contribution < 1.29 is 4.79 Å². The van der Waals surface area contributed by atoms with Crippen LogP contribution in [0.4, 0.5) is 0 Å². The monoisotopic (exact) mass is 381 g/mol. The topological polar surface area (TPSA) is 29.4 Å². The Labute approximate surface area is 173 Å². The van der Waals surface area contributed by atoms with Gasteiger partial charge in [-0.1, -0.05) is 100 Å². The molecule has 0 saturated heterocycles. The van der Waals surface area contributed by atoms with Gasteiger partial charge in [0.05, 0.1) is 11.4 Å². The van der Waals surface area contributed by atoms with Gasteiger partial charge in [0, 0.05) is 12.5 Å². The van der Waals surface area contributed by atoms with E-state index in [0.29, 0.717) is 5.71 Å². The fourth-order valence-electron chi connectivity index (χ4n) is 2.40. The lowest BCUT2D eigenvalue weighted by Crippen LogP contribution is -2.05. The highest BCUT2D eigenvalue weighted by molar-refractivity contribution is 6.38. The molecule has 0 radical (unpaired) electrons. The molecule has 2 heteroatoms. The van der Waals surface area contributed by atoms with Gasteiger partial charge < -0.3 is 0 Å². The second-order valence-corrected chi connectivity index (χ2v) is 7.10. The Morgan fingerprint density at radius 2 is 1.50 bits per heavy atom. The van der Waals surface area contributed by atoms with E-state index in [1.54, 1.807) is 6.92 Å². The van der Waals surface area contributed by atoms with Crippen molar-refractivity contribution in [3.8, 4) is 0 Å². The van der Waals surface area contributed by atoms with Crippen molar-refractivity contribution >= 4 is 17.2 Å². The minimum Gasteiger partial charge on any atom is -0.293 e. The zero-order valence-electron chi connectivity index (χ0n) is 19.0. The van der Waals surface area contributed by atoms with Gasteiger partial charge in [0.25, 0.3) is 0 Å². The van der Waals surface area contributed by atoms with E-state index in [1.165, 1.54) is 44.6 Å². The summed E-state index contributed by atoms with van der Waals surface area (Å²) >= 11 is 0. The number of carbonyl (C=O) groups excluding carboxylic acids is 1. The average Bonchev–Trinajstić information content (AvgIpc) is 2.67. The van der Waals surface area contributed by atoms with Gasteiger partial charge in [0.15, 0.2) is 5.78 Å². The number of hydrogen-bond donors (Lipinski definition) is 0. The van der Waals surface area contributed by atoms with Gasteiger partial charge in [0.1, 0.15) is 0 Å². The second-order valence-electron chi connectivity index (χ2n) is 7.10. The number of hydrogen-bond acceptors (Lipinski definition) is 2. The van der Waals surface area contributed by atoms with Gasteiger partial charge in [-0.25, -0.2) is 4.99 Å². The Morgan fingerprint density at radius 3 is 1.96 bits per heavy atom. The smallest absolute Gasteiger partial charge is 0.173 e. The van der Waals surface area contributed by atoms with E-state index in [9.17, 15) is 4.79 Å². The molecule has 0 saturated carbocycles. The van der Waals surface area contributed by atoms with Crippen molar-refractivity contribution in [1.29, 1.82) is 0 Å². The van der Waals surface area contributed by atoms with E-state index < -0.39 is 0 Å². The minimum absolute atomic E-state index is 0.00940. The molecule has 2 nitrogen and oxygen atoms in total. The van der Waals surface area contributed by atoms with Gasteiger partial charge in [0.2, 0.25) is 0 Å². The number of Topliss-reactive ketones (excluding diaryl/α,β-unsaturated/α-hetero) is 1. The third-order valence-corrected chi connectivity index (χ3v) is 4.34. The highest BCUT2D eigenvalue weighted by Crippen LogP contribution is 2.22. The third-order valence-electron chi connectivity index (χ3n) is 4.34. The van der Waals surface area contributed by atoms with Crippen LogP contribution in [-0.4, -0.2) is 11.5 Å². The molecule has 0 aromatic heterocycles. The molecule has 1 aromatic rings. The zero-order chi connectivity index (χ0) is 21.4. The molecule has 28 heavy (non-hydrogen) atoms. The van der Waals surface area contributed by atoms with Crippen LogP contribution in [0.3, 0.4) is 0 Å². The molecular weight excluding hydrogens is 342 g/mol. The number of unbranched alkanes of at least 4 members (excludes halogenated alkanes) is 4. The van der Waals surface area contributed by atoms with Crippen LogP contribution in [0.25, 0.3) is 5.70 Å². The Bertz CT molecular complexity index is 684. The van der Waals surface area contributed by atoms with Crippen LogP contribution in [0.15, 0.2) is 59.1 Å². The van der Waals surface area contributed by atoms with Crippen LogP contribution < -0.4 is 0 Å². The molecule has 0 aliphatic heterocycles. The summed E-state index contributed by atoms with van der Waals surface area (Å²) in [7, 11) is 0. The van der Waals surface area contributed by atoms with Gasteiger partial charge >= 0.3 is 0 Å². The van der Waals surface area contributed by atoms with Gasteiger partial charge in [-0.2, -0.15) is 0 Å². The number of carbonyl (C=O) groups is 1. The molecule has 0 bridgehead atoms. The van der Waals surface area contributed by atoms with Crippen molar-refractivity contribution in [2.24, 2.45) is 4.99 Å². The van der Waals surface area contributed by atoms with E-state index in [0.717, 1.165) is 16.8 Å². The number of ketones is 1. The maximum atomic E-state index is 11.5. The Balaban J connectivity index is 0.000000887. The standard InChI is InChI=1S/C19H23NO.C7H16/c1-6-7-8-9-15(3)19(20-16(4)17(5)21)18-12-10-14(2)11-13-18;1-3-5-7-6-4-2/h6-13H,1-5H3;3-7H2,1-2H3/b7-6-,9-8-,19-15+,20-16?;. The first-order chi connectivity index (χ1) is 13.4. The molecule has 0 aliphatic rings. The fourth-order valence-corrected chi connectivity index (χ4v) is 2.40. The lowest BCUT2D eigenvalue weighted by atomic mass is 10.1. The Morgan fingerprint density at radius 1 is 0.929 bits per heavy atom. The number of aliphatic imine (C=N–C) groups is 1. The molecule has 0 atom stereocenters. The summed E-state index contributed by atoms with van der Waals surface area (Å²) in [5.41, 5.74) is 4.60. The first kappa shape index (κ1) is 25.8. The summed E-state index contributed by atoms with van der Waals surface area (Å²) in [5.74, 6) is -0.00940. The van der Waals surface area contributed by atoms with E-state index in [-0.39, 0.29) is 5.78 Å². The maximum Gasteiger partial charge on any atom is 0.173 e. The summed E-state index contributed by atoms with van der Waals surface area (Å²) in [6.45, 7) is 13.8. The van der Waals surface area contributed by atoms with Crippen molar-refractivity contribution in [1.82, 2.24) is 0 Å². The molecule has 1 rings (SSSR count). The molecule has 0 amide bonds. The lowest BCUT2D eigenvalue weighted by Gasteiger charge is -2.07.